The molecule has 0 saturated carbocycles. The van der Waals surface area contributed by atoms with Crippen LogP contribution in [0.1, 0.15) is 6.92 Å². The standard InChI is InChI=1S/C10H13N3O4/c1-3-17-10(14)7-12(2)9-6-8(13(15)16)4-5-11-9/h4-6H,3,7H2,1-2H3. The van der Waals surface area contributed by atoms with Crippen molar-refractivity contribution < 1.29 is 14.5 Å². The number of nitro groups is 1. The number of carbonyl (C=O) groups is 1. The Morgan fingerprint density at radius 2 is 2.35 bits per heavy atom. The fraction of sp³-hybridized carbons (Fsp3) is 0.400. The lowest BCUT2D eigenvalue weighted by molar-refractivity contribution is -0.384. The molecule has 1 rings (SSSR count). The number of carbonyl (C=O) groups excluding carboxylic acids is 1. The highest BCUT2D eigenvalue weighted by Crippen LogP contribution is 2.16. The third-order valence-corrected chi connectivity index (χ3v) is 2.00. The van der Waals surface area contributed by atoms with Crippen LogP contribution in [0.3, 0.4) is 0 Å². The Labute approximate surface area is 98.2 Å². The van der Waals surface area contributed by atoms with Gasteiger partial charge in [-0.25, -0.2) is 4.98 Å². The Bertz CT molecular complexity index is 422. The maximum Gasteiger partial charge on any atom is 0.325 e. The van der Waals surface area contributed by atoms with Crippen molar-refractivity contribution in [3.05, 3.63) is 28.4 Å². The first-order valence-corrected chi connectivity index (χ1v) is 5.01. The second-order valence-electron chi connectivity index (χ2n) is 3.29. The van der Waals surface area contributed by atoms with Gasteiger partial charge in [0, 0.05) is 19.3 Å². The van der Waals surface area contributed by atoms with E-state index in [-0.39, 0.29) is 12.2 Å². The smallest absolute Gasteiger partial charge is 0.325 e. The van der Waals surface area contributed by atoms with Crippen molar-refractivity contribution in [2.24, 2.45) is 0 Å². The maximum absolute atomic E-state index is 11.2. The van der Waals surface area contributed by atoms with E-state index in [9.17, 15) is 14.9 Å². The van der Waals surface area contributed by atoms with E-state index in [4.69, 9.17) is 4.74 Å². The first-order chi connectivity index (χ1) is 8.04. The third-order valence-electron chi connectivity index (χ3n) is 2.00. The summed E-state index contributed by atoms with van der Waals surface area (Å²) in [5.41, 5.74) is -0.0642. The van der Waals surface area contributed by atoms with Crippen LogP contribution in [0.25, 0.3) is 0 Å². The zero-order chi connectivity index (χ0) is 12.8. The lowest BCUT2D eigenvalue weighted by Crippen LogP contribution is -2.27. The van der Waals surface area contributed by atoms with E-state index in [1.54, 1.807) is 14.0 Å². The molecule has 0 N–H and O–H groups in total. The van der Waals surface area contributed by atoms with Crippen molar-refractivity contribution in [1.29, 1.82) is 0 Å². The fourth-order valence-corrected chi connectivity index (χ4v) is 1.21. The van der Waals surface area contributed by atoms with Gasteiger partial charge in [0.05, 0.1) is 17.6 Å². The number of esters is 1. The summed E-state index contributed by atoms with van der Waals surface area (Å²) >= 11 is 0. The molecular weight excluding hydrogens is 226 g/mol. The van der Waals surface area contributed by atoms with Crippen LogP contribution in [-0.2, 0) is 9.53 Å². The van der Waals surface area contributed by atoms with Crippen LogP contribution >= 0.6 is 0 Å². The first kappa shape index (κ1) is 12.9. The average Bonchev–Trinajstić information content (AvgIpc) is 2.29. The van der Waals surface area contributed by atoms with Crippen LogP contribution in [0.5, 0.6) is 0 Å². The average molecular weight is 239 g/mol. The molecule has 1 aromatic rings. The van der Waals surface area contributed by atoms with Gasteiger partial charge in [0.15, 0.2) is 0 Å². The molecule has 7 heteroatoms. The molecule has 0 bridgehead atoms. The second kappa shape index (κ2) is 5.78. The van der Waals surface area contributed by atoms with Crippen LogP contribution in [0.2, 0.25) is 0 Å². The Morgan fingerprint density at radius 3 is 2.94 bits per heavy atom. The minimum Gasteiger partial charge on any atom is -0.465 e. The quantitative estimate of drug-likeness (QED) is 0.432. The Morgan fingerprint density at radius 1 is 1.65 bits per heavy atom. The van der Waals surface area contributed by atoms with Crippen LogP contribution in [0, 0.1) is 10.1 Å². The number of likely N-dealkylation sites (N-methyl/N-ethyl adjacent to an activating group) is 1. The summed E-state index contributed by atoms with van der Waals surface area (Å²) in [5, 5.41) is 10.6. The highest BCUT2D eigenvalue weighted by molar-refractivity contribution is 5.75. The number of ether oxygens (including phenoxy) is 1. The van der Waals surface area contributed by atoms with E-state index in [2.05, 4.69) is 4.98 Å². The largest absolute Gasteiger partial charge is 0.465 e. The van der Waals surface area contributed by atoms with Crippen molar-refractivity contribution in [2.75, 3.05) is 25.1 Å². The van der Waals surface area contributed by atoms with Gasteiger partial charge in [-0.1, -0.05) is 0 Å². The summed E-state index contributed by atoms with van der Waals surface area (Å²) in [5.74, 6) is -0.0458. The van der Waals surface area contributed by atoms with Gasteiger partial charge in [-0.05, 0) is 6.92 Å². The normalized spacial score (nSPS) is 9.76. The van der Waals surface area contributed by atoms with Gasteiger partial charge in [-0.2, -0.15) is 0 Å². The van der Waals surface area contributed by atoms with E-state index in [0.29, 0.717) is 12.4 Å². The number of anilines is 1. The molecule has 1 heterocycles. The molecule has 0 saturated heterocycles. The van der Waals surface area contributed by atoms with E-state index < -0.39 is 10.9 Å². The zero-order valence-electron chi connectivity index (χ0n) is 9.62. The molecule has 0 aliphatic rings. The van der Waals surface area contributed by atoms with Crippen molar-refractivity contribution >= 4 is 17.5 Å². The van der Waals surface area contributed by atoms with Crippen molar-refractivity contribution in [1.82, 2.24) is 4.98 Å². The Hall–Kier alpha value is -2.18. The molecule has 0 aliphatic heterocycles. The van der Waals surface area contributed by atoms with Crippen LogP contribution in [0.4, 0.5) is 11.5 Å². The SMILES string of the molecule is CCOC(=O)CN(C)c1cc([N+](=O)[O-])ccn1. The number of hydrogen-bond donors (Lipinski definition) is 0. The lowest BCUT2D eigenvalue weighted by Gasteiger charge is -2.16. The molecule has 0 fully saturated rings. The molecule has 0 aliphatic carbocycles. The number of aromatic nitrogens is 1. The molecule has 0 radical (unpaired) electrons. The van der Waals surface area contributed by atoms with E-state index in [1.807, 2.05) is 0 Å². The summed E-state index contributed by atoms with van der Waals surface area (Å²) in [6.45, 7) is 2.01. The van der Waals surface area contributed by atoms with Gasteiger partial charge < -0.3 is 9.64 Å². The molecule has 0 unspecified atom stereocenters. The summed E-state index contributed by atoms with van der Waals surface area (Å²) in [4.78, 5) is 26.7. The topological polar surface area (TPSA) is 85.6 Å². The van der Waals surface area contributed by atoms with Crippen molar-refractivity contribution in [3.8, 4) is 0 Å². The molecule has 0 atom stereocenters. The van der Waals surface area contributed by atoms with Crippen molar-refractivity contribution in [3.63, 3.8) is 0 Å². The minimum atomic E-state index is -0.511. The molecule has 1 aromatic heterocycles. The molecule has 0 spiro atoms. The van der Waals surface area contributed by atoms with Gasteiger partial charge in [-0.3, -0.25) is 14.9 Å². The van der Waals surface area contributed by atoms with E-state index in [0.717, 1.165) is 0 Å². The summed E-state index contributed by atoms with van der Waals surface area (Å²) in [6, 6.07) is 2.60. The highest BCUT2D eigenvalue weighted by atomic mass is 16.6. The van der Waals surface area contributed by atoms with Crippen molar-refractivity contribution in [2.45, 2.75) is 6.92 Å². The third kappa shape index (κ3) is 3.71. The van der Waals surface area contributed by atoms with Gasteiger partial charge in [0.2, 0.25) is 0 Å². The molecule has 7 nitrogen and oxygen atoms in total. The van der Waals surface area contributed by atoms with E-state index >= 15 is 0 Å². The molecule has 92 valence electrons. The predicted molar refractivity (Wildman–Crippen MR) is 60.8 cm³/mol. The molecule has 0 amide bonds. The summed E-state index contributed by atoms with van der Waals surface area (Å²) < 4.78 is 4.77. The molecular formula is C10H13N3O4. The zero-order valence-corrected chi connectivity index (χ0v) is 9.62. The van der Waals surface area contributed by atoms with Gasteiger partial charge >= 0.3 is 5.97 Å². The monoisotopic (exact) mass is 239 g/mol. The van der Waals surface area contributed by atoms with Gasteiger partial charge in [0.25, 0.3) is 5.69 Å². The molecule has 0 aromatic carbocycles. The Balaban J connectivity index is 2.75. The van der Waals surface area contributed by atoms with Crippen LogP contribution < -0.4 is 4.90 Å². The van der Waals surface area contributed by atoms with Gasteiger partial charge in [-0.15, -0.1) is 0 Å². The second-order valence-corrected chi connectivity index (χ2v) is 3.29. The summed E-state index contributed by atoms with van der Waals surface area (Å²) in [6.07, 6.45) is 1.33. The highest BCUT2D eigenvalue weighted by Gasteiger charge is 2.12. The molecule has 17 heavy (non-hydrogen) atoms. The number of nitrogens with zero attached hydrogens (tertiary/aromatic N) is 3. The minimum absolute atomic E-state index is 0.00199. The lowest BCUT2D eigenvalue weighted by atomic mass is 10.4. The predicted octanol–water partition coefficient (Wildman–Crippen LogP) is 0.989. The Kier molecular flexibility index (Phi) is 4.38. The van der Waals surface area contributed by atoms with Gasteiger partial charge in [0.1, 0.15) is 12.4 Å². The number of pyridine rings is 1. The number of rotatable bonds is 5. The van der Waals surface area contributed by atoms with Crippen LogP contribution in [-0.4, -0.2) is 36.1 Å². The van der Waals surface area contributed by atoms with E-state index in [1.165, 1.54) is 23.2 Å². The first-order valence-electron chi connectivity index (χ1n) is 5.01. The number of hydrogen-bond acceptors (Lipinski definition) is 6. The summed E-state index contributed by atoms with van der Waals surface area (Å²) in [7, 11) is 1.61. The fourth-order valence-electron chi connectivity index (χ4n) is 1.21. The van der Waals surface area contributed by atoms with Crippen LogP contribution in [0.15, 0.2) is 18.3 Å². The maximum atomic E-state index is 11.2.